The lowest BCUT2D eigenvalue weighted by Crippen LogP contribution is -2.23. The van der Waals surface area contributed by atoms with E-state index in [4.69, 9.17) is 14.5 Å². The van der Waals surface area contributed by atoms with Gasteiger partial charge in [0.15, 0.2) is 6.61 Å². The minimum Gasteiger partial charge on any atom is -0.497 e. The van der Waals surface area contributed by atoms with Gasteiger partial charge < -0.3 is 14.8 Å². The van der Waals surface area contributed by atoms with Crippen LogP contribution in [0.4, 0.5) is 5.69 Å². The van der Waals surface area contributed by atoms with Crippen LogP contribution in [0.25, 0.3) is 22.6 Å². The molecule has 0 bridgehead atoms. The van der Waals surface area contributed by atoms with Gasteiger partial charge in [-0.15, -0.1) is 0 Å². The van der Waals surface area contributed by atoms with Gasteiger partial charge >= 0.3 is 5.97 Å². The van der Waals surface area contributed by atoms with Crippen LogP contribution in [0.5, 0.6) is 5.75 Å². The van der Waals surface area contributed by atoms with Gasteiger partial charge in [0, 0.05) is 5.39 Å². The molecule has 1 amide bonds. The molecular weight excluding hydrogens is 490 g/mol. The molecule has 4 aromatic rings. The standard InChI is InChI=1S/C32H27N3O4/c1-20-15-23(17-21-11-13-24(38-2)14-12-21)31-26(16-20)30(25-8-4-6-10-28(25)35-31)32(37)39-19-29(36)34-27-9-5-3-7-22(27)18-33/h3-14,17,20H,15-16,19H2,1-2H3,(H,34,36). The van der Waals surface area contributed by atoms with Crippen LogP contribution in [-0.2, 0) is 16.0 Å². The van der Waals surface area contributed by atoms with Gasteiger partial charge in [-0.05, 0) is 71.9 Å². The molecule has 1 N–H and O–H groups in total. The van der Waals surface area contributed by atoms with Gasteiger partial charge in [-0.25, -0.2) is 9.78 Å². The third-order valence-corrected chi connectivity index (χ3v) is 6.74. The molecule has 7 heteroatoms. The highest BCUT2D eigenvalue weighted by Gasteiger charge is 2.29. The summed E-state index contributed by atoms with van der Waals surface area (Å²) in [5, 5.41) is 12.6. The Bertz CT molecular complexity index is 1630. The molecule has 39 heavy (non-hydrogen) atoms. The van der Waals surface area contributed by atoms with Gasteiger partial charge in [0.05, 0.1) is 35.1 Å². The average Bonchev–Trinajstić information content (AvgIpc) is 2.95. The van der Waals surface area contributed by atoms with Crippen LogP contribution >= 0.6 is 0 Å². The number of ether oxygens (including phenoxy) is 2. The molecular formula is C32H27N3O4. The van der Waals surface area contributed by atoms with Crippen LogP contribution < -0.4 is 10.1 Å². The number of pyridine rings is 1. The molecule has 1 unspecified atom stereocenters. The fourth-order valence-corrected chi connectivity index (χ4v) is 4.95. The molecule has 1 heterocycles. The number of fused-ring (bicyclic) bond motifs is 2. The van der Waals surface area contributed by atoms with E-state index in [0.717, 1.165) is 34.6 Å². The summed E-state index contributed by atoms with van der Waals surface area (Å²) in [4.78, 5) is 31.1. The fraction of sp³-hybridized carbons (Fsp3) is 0.188. The maximum Gasteiger partial charge on any atom is 0.339 e. The number of carbonyl (C=O) groups is 2. The van der Waals surface area contributed by atoms with Crippen LogP contribution in [0.2, 0.25) is 0 Å². The monoisotopic (exact) mass is 517 g/mol. The SMILES string of the molecule is COc1ccc(C=C2CC(C)Cc3c2nc2ccccc2c3C(=O)OCC(=O)Nc2ccccc2C#N)cc1. The largest absolute Gasteiger partial charge is 0.497 e. The Morgan fingerprint density at radius 1 is 1.05 bits per heavy atom. The predicted octanol–water partition coefficient (Wildman–Crippen LogP) is 6.03. The number of rotatable bonds is 6. The van der Waals surface area contributed by atoms with E-state index in [9.17, 15) is 14.9 Å². The van der Waals surface area contributed by atoms with Crippen LogP contribution in [0.1, 0.15) is 46.1 Å². The van der Waals surface area contributed by atoms with Gasteiger partial charge in [-0.1, -0.05) is 49.4 Å². The average molecular weight is 518 g/mol. The fourth-order valence-electron chi connectivity index (χ4n) is 4.95. The van der Waals surface area contributed by atoms with E-state index < -0.39 is 18.5 Å². The number of allylic oxidation sites excluding steroid dienone is 1. The van der Waals surface area contributed by atoms with Crippen molar-refractivity contribution in [3.8, 4) is 11.8 Å². The van der Waals surface area contributed by atoms with E-state index >= 15 is 0 Å². The van der Waals surface area contributed by atoms with Crippen LogP contribution in [-0.4, -0.2) is 30.6 Å². The molecule has 5 rings (SSSR count). The number of benzene rings is 3. The van der Waals surface area contributed by atoms with E-state index in [1.54, 1.807) is 31.4 Å². The quantitative estimate of drug-likeness (QED) is 0.313. The molecule has 1 aromatic heterocycles. The van der Waals surface area contributed by atoms with Crippen LogP contribution in [0.15, 0.2) is 72.8 Å². The Morgan fingerprint density at radius 2 is 1.79 bits per heavy atom. The summed E-state index contributed by atoms with van der Waals surface area (Å²) in [5.74, 6) is -0.0376. The van der Waals surface area contributed by atoms with Gasteiger partial charge in [0.1, 0.15) is 11.8 Å². The van der Waals surface area contributed by atoms with Crippen molar-refractivity contribution >= 4 is 40.1 Å². The van der Waals surface area contributed by atoms with Crippen molar-refractivity contribution in [2.45, 2.75) is 19.8 Å². The topological polar surface area (TPSA) is 101 Å². The molecule has 0 radical (unpaired) electrons. The van der Waals surface area contributed by atoms with Crippen molar-refractivity contribution in [2.24, 2.45) is 5.92 Å². The summed E-state index contributed by atoms with van der Waals surface area (Å²) in [7, 11) is 1.64. The lowest BCUT2D eigenvalue weighted by Gasteiger charge is -2.26. The Hall–Kier alpha value is -4.96. The van der Waals surface area contributed by atoms with E-state index in [1.165, 1.54) is 0 Å². The molecule has 0 fully saturated rings. The number of para-hydroxylation sites is 2. The third kappa shape index (κ3) is 5.51. The number of nitrogens with one attached hydrogen (secondary N) is 1. The van der Waals surface area contributed by atoms with Crippen molar-refractivity contribution in [3.63, 3.8) is 0 Å². The predicted molar refractivity (Wildman–Crippen MR) is 150 cm³/mol. The highest BCUT2D eigenvalue weighted by atomic mass is 16.5. The lowest BCUT2D eigenvalue weighted by atomic mass is 9.80. The first-order chi connectivity index (χ1) is 19.0. The lowest BCUT2D eigenvalue weighted by molar-refractivity contribution is -0.119. The van der Waals surface area contributed by atoms with Crippen molar-refractivity contribution in [1.82, 2.24) is 4.98 Å². The summed E-state index contributed by atoms with van der Waals surface area (Å²) in [5.41, 5.74) is 5.48. The molecule has 0 saturated carbocycles. The van der Waals surface area contributed by atoms with Crippen molar-refractivity contribution < 1.29 is 19.1 Å². The summed E-state index contributed by atoms with van der Waals surface area (Å²) < 4.78 is 10.8. The Morgan fingerprint density at radius 3 is 2.56 bits per heavy atom. The number of esters is 1. The highest BCUT2D eigenvalue weighted by Crippen LogP contribution is 2.39. The van der Waals surface area contributed by atoms with Crippen molar-refractivity contribution in [2.75, 3.05) is 19.0 Å². The first-order valence-electron chi connectivity index (χ1n) is 12.7. The number of methoxy groups -OCH3 is 1. The summed E-state index contributed by atoms with van der Waals surface area (Å²) in [6, 6.07) is 24.0. The van der Waals surface area contributed by atoms with Gasteiger partial charge in [0.25, 0.3) is 5.91 Å². The first kappa shape index (κ1) is 25.7. The summed E-state index contributed by atoms with van der Waals surface area (Å²) >= 11 is 0. The number of amides is 1. The summed E-state index contributed by atoms with van der Waals surface area (Å²) in [6.07, 6.45) is 3.59. The molecule has 1 aliphatic carbocycles. The smallest absolute Gasteiger partial charge is 0.339 e. The van der Waals surface area contributed by atoms with Gasteiger partial charge in [-0.2, -0.15) is 5.26 Å². The molecule has 1 atom stereocenters. The normalized spacial score (nSPS) is 15.3. The molecule has 7 nitrogen and oxygen atoms in total. The molecule has 3 aromatic carbocycles. The van der Waals surface area contributed by atoms with Crippen LogP contribution in [0.3, 0.4) is 0 Å². The Balaban J connectivity index is 1.48. The maximum absolute atomic E-state index is 13.5. The minimum absolute atomic E-state index is 0.280. The number of anilines is 1. The first-order valence-corrected chi connectivity index (χ1v) is 12.7. The van der Waals surface area contributed by atoms with E-state index in [2.05, 4.69) is 18.3 Å². The van der Waals surface area contributed by atoms with Gasteiger partial charge in [-0.3, -0.25) is 4.79 Å². The molecule has 0 saturated heterocycles. The molecule has 0 spiro atoms. The second-order valence-corrected chi connectivity index (χ2v) is 9.57. The number of aromatic nitrogens is 1. The van der Waals surface area contributed by atoms with Crippen molar-refractivity contribution in [3.05, 3.63) is 101 Å². The highest BCUT2D eigenvalue weighted by molar-refractivity contribution is 6.07. The zero-order chi connectivity index (χ0) is 27.4. The minimum atomic E-state index is -0.577. The number of nitrogens with zero attached hydrogens (tertiary/aromatic N) is 2. The zero-order valence-electron chi connectivity index (χ0n) is 21.7. The number of nitriles is 1. The molecule has 194 valence electrons. The third-order valence-electron chi connectivity index (χ3n) is 6.74. The summed E-state index contributed by atoms with van der Waals surface area (Å²) in [6.45, 7) is 1.67. The Kier molecular flexibility index (Phi) is 7.37. The second kappa shape index (κ2) is 11.2. The molecule has 1 aliphatic rings. The Labute approximate surface area is 226 Å². The zero-order valence-corrected chi connectivity index (χ0v) is 21.7. The van der Waals surface area contributed by atoms with E-state index in [-0.39, 0.29) is 5.92 Å². The maximum atomic E-state index is 13.5. The number of hydrogen-bond donors (Lipinski definition) is 1. The van der Waals surface area contributed by atoms with E-state index in [1.807, 2.05) is 54.6 Å². The van der Waals surface area contributed by atoms with Crippen molar-refractivity contribution in [1.29, 1.82) is 5.26 Å². The second-order valence-electron chi connectivity index (χ2n) is 9.57. The number of carbonyl (C=O) groups excluding carboxylic acids is 2. The van der Waals surface area contributed by atoms with Crippen LogP contribution in [0, 0.1) is 17.2 Å². The number of hydrogen-bond acceptors (Lipinski definition) is 6. The van der Waals surface area contributed by atoms with Gasteiger partial charge in [0.2, 0.25) is 0 Å². The van der Waals surface area contributed by atoms with E-state index in [0.29, 0.717) is 34.1 Å². The molecule has 0 aliphatic heterocycles.